The van der Waals surface area contributed by atoms with Crippen molar-refractivity contribution >= 4 is 16.9 Å². The van der Waals surface area contributed by atoms with Crippen LogP contribution < -0.4 is 5.32 Å². The van der Waals surface area contributed by atoms with E-state index in [9.17, 15) is 0 Å². The van der Waals surface area contributed by atoms with E-state index in [-0.39, 0.29) is 12.2 Å². The third kappa shape index (κ3) is 3.66. The van der Waals surface area contributed by atoms with Crippen LogP contribution in [-0.2, 0) is 16.0 Å². The van der Waals surface area contributed by atoms with E-state index in [1.54, 1.807) is 0 Å². The average Bonchev–Trinajstić information content (AvgIpc) is 3.24. The van der Waals surface area contributed by atoms with E-state index in [0.717, 1.165) is 49.4 Å². The third-order valence-corrected chi connectivity index (χ3v) is 5.14. The fraction of sp³-hybridized carbons (Fsp3) is 0.500. The monoisotopic (exact) mass is 354 g/mol. The zero-order chi connectivity index (χ0) is 17.8. The molecular weight excluding hydrogens is 328 g/mol. The fourth-order valence-corrected chi connectivity index (χ4v) is 3.81. The molecule has 138 valence electrons. The van der Waals surface area contributed by atoms with Gasteiger partial charge in [-0.3, -0.25) is 9.98 Å². The van der Waals surface area contributed by atoms with Gasteiger partial charge in [0.05, 0.1) is 18.2 Å². The number of hydrogen-bond acceptors (Lipinski definition) is 4. The van der Waals surface area contributed by atoms with Gasteiger partial charge in [0.25, 0.3) is 0 Å². The maximum absolute atomic E-state index is 5.95. The molecule has 0 aliphatic carbocycles. The summed E-state index contributed by atoms with van der Waals surface area (Å²) in [5, 5.41) is 4.66. The number of hydrogen-bond donors (Lipinski definition) is 1. The Bertz CT molecular complexity index is 768. The zero-order valence-corrected chi connectivity index (χ0v) is 15.2. The molecule has 2 aliphatic rings. The normalized spacial score (nSPS) is 24.2. The number of aromatic nitrogens is 1. The predicted octanol–water partition coefficient (Wildman–Crippen LogP) is 2.19. The lowest BCUT2D eigenvalue weighted by Crippen LogP contribution is -2.53. The van der Waals surface area contributed by atoms with Crippen LogP contribution in [0.1, 0.15) is 18.4 Å². The molecule has 1 N–H and O–H groups in total. The van der Waals surface area contributed by atoms with Crippen LogP contribution >= 0.6 is 0 Å². The highest BCUT2D eigenvalue weighted by molar-refractivity contribution is 5.83. The highest BCUT2D eigenvalue weighted by Crippen LogP contribution is 2.21. The van der Waals surface area contributed by atoms with Crippen molar-refractivity contribution in [3.63, 3.8) is 0 Å². The first-order valence-electron chi connectivity index (χ1n) is 9.36. The van der Waals surface area contributed by atoms with E-state index < -0.39 is 0 Å². The Morgan fingerprint density at radius 1 is 1.23 bits per heavy atom. The smallest absolute Gasteiger partial charge is 0.194 e. The number of pyridine rings is 1. The standard InChI is InChI=1S/C20H26N4O2/c1-21-20(24-10-12-26-18(14-24)17-8-4-11-25-17)23-13-16-6-2-5-15-7-3-9-22-19(15)16/h2-3,5-7,9,17-18H,4,8,10-14H2,1H3,(H,21,23). The minimum Gasteiger partial charge on any atom is -0.375 e. The van der Waals surface area contributed by atoms with E-state index in [2.05, 4.69) is 44.5 Å². The largest absolute Gasteiger partial charge is 0.375 e. The van der Waals surface area contributed by atoms with Crippen molar-refractivity contribution in [2.45, 2.75) is 31.6 Å². The molecule has 1 aromatic heterocycles. The van der Waals surface area contributed by atoms with Gasteiger partial charge < -0.3 is 19.7 Å². The zero-order valence-electron chi connectivity index (χ0n) is 15.2. The first-order chi connectivity index (χ1) is 12.8. The van der Waals surface area contributed by atoms with Gasteiger partial charge in [-0.25, -0.2) is 0 Å². The van der Waals surface area contributed by atoms with Crippen molar-refractivity contribution in [3.05, 3.63) is 42.1 Å². The second-order valence-electron chi connectivity index (χ2n) is 6.80. The summed E-state index contributed by atoms with van der Waals surface area (Å²) >= 11 is 0. The molecular formula is C20H26N4O2. The number of aliphatic imine (C=N–C) groups is 1. The Morgan fingerprint density at radius 3 is 2.96 bits per heavy atom. The van der Waals surface area contributed by atoms with Crippen molar-refractivity contribution in [2.75, 3.05) is 33.4 Å². The number of benzene rings is 1. The molecule has 2 aromatic rings. The minimum atomic E-state index is 0.129. The summed E-state index contributed by atoms with van der Waals surface area (Å²) in [5.74, 6) is 0.907. The lowest BCUT2D eigenvalue weighted by Gasteiger charge is -2.37. The molecule has 0 bridgehead atoms. The number of nitrogens with zero attached hydrogens (tertiary/aromatic N) is 3. The van der Waals surface area contributed by atoms with Crippen LogP contribution in [0.15, 0.2) is 41.5 Å². The molecule has 26 heavy (non-hydrogen) atoms. The SMILES string of the molecule is CN=C(NCc1cccc2cccnc12)N1CCOC(C2CCCO2)C1. The van der Waals surface area contributed by atoms with E-state index in [4.69, 9.17) is 9.47 Å². The topological polar surface area (TPSA) is 59.0 Å². The van der Waals surface area contributed by atoms with Gasteiger partial charge in [-0.2, -0.15) is 0 Å². The lowest BCUT2D eigenvalue weighted by molar-refractivity contribution is -0.0817. The van der Waals surface area contributed by atoms with Crippen LogP contribution in [0.3, 0.4) is 0 Å². The van der Waals surface area contributed by atoms with Crippen molar-refractivity contribution < 1.29 is 9.47 Å². The summed E-state index contributed by atoms with van der Waals surface area (Å²) in [6.45, 7) is 3.92. The molecule has 0 amide bonds. The molecule has 2 atom stereocenters. The number of morpholine rings is 1. The number of fused-ring (bicyclic) bond motifs is 1. The first-order valence-corrected chi connectivity index (χ1v) is 9.36. The molecule has 2 fully saturated rings. The van der Waals surface area contributed by atoms with Gasteiger partial charge in [-0.1, -0.05) is 24.3 Å². The molecule has 0 radical (unpaired) electrons. The summed E-state index contributed by atoms with van der Waals surface area (Å²) in [6, 6.07) is 10.3. The summed E-state index contributed by atoms with van der Waals surface area (Å²) in [6.07, 6.45) is 4.41. The summed E-state index contributed by atoms with van der Waals surface area (Å²) in [4.78, 5) is 11.3. The number of rotatable bonds is 3. The fourth-order valence-electron chi connectivity index (χ4n) is 3.81. The molecule has 2 aliphatic heterocycles. The highest BCUT2D eigenvalue weighted by Gasteiger charge is 2.32. The van der Waals surface area contributed by atoms with Crippen LogP contribution in [0.4, 0.5) is 0 Å². The van der Waals surface area contributed by atoms with Gasteiger partial charge in [0.2, 0.25) is 0 Å². The second kappa shape index (κ2) is 8.01. The Morgan fingerprint density at radius 2 is 2.12 bits per heavy atom. The van der Waals surface area contributed by atoms with Crippen LogP contribution in [0.25, 0.3) is 10.9 Å². The lowest BCUT2D eigenvalue weighted by atomic mass is 10.1. The maximum Gasteiger partial charge on any atom is 0.194 e. The molecule has 3 heterocycles. The molecule has 0 saturated carbocycles. The van der Waals surface area contributed by atoms with E-state index in [0.29, 0.717) is 13.2 Å². The van der Waals surface area contributed by atoms with Gasteiger partial charge in [0, 0.05) is 44.9 Å². The molecule has 2 unspecified atom stereocenters. The average molecular weight is 354 g/mol. The maximum atomic E-state index is 5.95. The van der Waals surface area contributed by atoms with Crippen molar-refractivity contribution in [1.82, 2.24) is 15.2 Å². The Balaban J connectivity index is 1.42. The van der Waals surface area contributed by atoms with Gasteiger partial charge in [-0.05, 0) is 24.5 Å². The quantitative estimate of drug-likeness (QED) is 0.676. The highest BCUT2D eigenvalue weighted by atomic mass is 16.5. The summed E-state index contributed by atoms with van der Waals surface area (Å²) in [7, 11) is 1.83. The molecule has 4 rings (SSSR count). The number of para-hydroxylation sites is 1. The van der Waals surface area contributed by atoms with Gasteiger partial charge >= 0.3 is 0 Å². The third-order valence-electron chi connectivity index (χ3n) is 5.14. The molecule has 6 nitrogen and oxygen atoms in total. The van der Waals surface area contributed by atoms with Gasteiger partial charge in [-0.15, -0.1) is 0 Å². The van der Waals surface area contributed by atoms with Crippen LogP contribution in [0, 0.1) is 0 Å². The summed E-state index contributed by atoms with van der Waals surface area (Å²) < 4.78 is 11.8. The second-order valence-corrected chi connectivity index (χ2v) is 6.80. The Kier molecular flexibility index (Phi) is 5.32. The predicted molar refractivity (Wildman–Crippen MR) is 102 cm³/mol. The number of nitrogens with one attached hydrogen (secondary N) is 1. The van der Waals surface area contributed by atoms with Crippen molar-refractivity contribution in [1.29, 1.82) is 0 Å². The van der Waals surface area contributed by atoms with E-state index in [1.165, 1.54) is 5.56 Å². The first kappa shape index (κ1) is 17.2. The molecule has 0 spiro atoms. The number of ether oxygens (including phenoxy) is 2. The van der Waals surface area contributed by atoms with Crippen LogP contribution in [-0.4, -0.2) is 61.4 Å². The van der Waals surface area contributed by atoms with Crippen LogP contribution in [0.5, 0.6) is 0 Å². The Labute approximate surface area is 154 Å². The number of guanidine groups is 1. The Hall–Kier alpha value is -2.18. The summed E-state index contributed by atoms with van der Waals surface area (Å²) in [5.41, 5.74) is 2.21. The minimum absolute atomic E-state index is 0.129. The molecule has 1 aromatic carbocycles. The van der Waals surface area contributed by atoms with Crippen LogP contribution in [0.2, 0.25) is 0 Å². The van der Waals surface area contributed by atoms with Gasteiger partial charge in [0.1, 0.15) is 6.10 Å². The van der Waals surface area contributed by atoms with Crippen molar-refractivity contribution in [2.24, 2.45) is 4.99 Å². The molecule has 2 saturated heterocycles. The van der Waals surface area contributed by atoms with Gasteiger partial charge in [0.15, 0.2) is 5.96 Å². The molecule has 6 heteroatoms. The van der Waals surface area contributed by atoms with E-state index >= 15 is 0 Å². The van der Waals surface area contributed by atoms with Crippen molar-refractivity contribution in [3.8, 4) is 0 Å². The van der Waals surface area contributed by atoms with E-state index in [1.807, 2.05) is 19.3 Å².